The molecule has 5 heteroatoms. The summed E-state index contributed by atoms with van der Waals surface area (Å²) in [5.41, 5.74) is 3.25. The molecule has 0 fully saturated rings. The predicted octanol–water partition coefficient (Wildman–Crippen LogP) is 4.54. The third-order valence-corrected chi connectivity index (χ3v) is 6.60. The molecule has 1 N–H and O–H groups in total. The highest BCUT2D eigenvalue weighted by atomic mass is 32.1. The summed E-state index contributed by atoms with van der Waals surface area (Å²) in [6.45, 7) is 4.34. The van der Waals surface area contributed by atoms with Crippen molar-refractivity contribution in [2.24, 2.45) is 5.92 Å². The van der Waals surface area contributed by atoms with Gasteiger partial charge >= 0.3 is 0 Å². The maximum atomic E-state index is 12.8. The van der Waals surface area contributed by atoms with E-state index in [9.17, 15) is 9.59 Å². The van der Waals surface area contributed by atoms with Crippen LogP contribution in [0, 0.1) is 5.92 Å². The maximum Gasteiger partial charge on any atom is 0.264 e. The molecule has 2 aromatic rings. The van der Waals surface area contributed by atoms with Crippen molar-refractivity contribution in [2.75, 3.05) is 18.9 Å². The Morgan fingerprint density at radius 1 is 1.26 bits per heavy atom. The summed E-state index contributed by atoms with van der Waals surface area (Å²) in [5, 5.41) is 2.93. The topological polar surface area (TPSA) is 49.4 Å². The van der Waals surface area contributed by atoms with E-state index in [0.29, 0.717) is 0 Å². The molecule has 0 aliphatic heterocycles. The van der Waals surface area contributed by atoms with Gasteiger partial charge in [-0.15, -0.1) is 11.3 Å². The van der Waals surface area contributed by atoms with Crippen LogP contribution in [0.15, 0.2) is 30.3 Å². The van der Waals surface area contributed by atoms with Gasteiger partial charge in [0.25, 0.3) is 5.91 Å². The number of hydrogen-bond acceptors (Lipinski definition) is 3. The number of anilines is 1. The quantitative estimate of drug-likeness (QED) is 0.795. The SMILES string of the molecule is CCc1ccccc1NC(=O)CN(C)C(=O)c1cc2c(s1)CC[C@@H](CC)C2. The third kappa shape index (κ3) is 4.59. The minimum Gasteiger partial charge on any atom is -0.332 e. The van der Waals surface area contributed by atoms with Gasteiger partial charge in [0.15, 0.2) is 0 Å². The number of nitrogens with zero attached hydrogens (tertiary/aromatic N) is 1. The Bertz CT molecular complexity index is 827. The van der Waals surface area contributed by atoms with Crippen LogP contribution in [0.1, 0.15) is 52.4 Å². The van der Waals surface area contributed by atoms with E-state index in [1.54, 1.807) is 18.4 Å². The Labute approximate surface area is 165 Å². The van der Waals surface area contributed by atoms with Gasteiger partial charge < -0.3 is 10.2 Å². The molecule has 1 aliphatic rings. The number of thiophene rings is 1. The summed E-state index contributed by atoms with van der Waals surface area (Å²) in [4.78, 5) is 28.8. The number of aryl methyl sites for hydroxylation is 2. The summed E-state index contributed by atoms with van der Waals surface area (Å²) < 4.78 is 0. The summed E-state index contributed by atoms with van der Waals surface area (Å²) in [6.07, 6.45) is 5.41. The van der Waals surface area contributed by atoms with Crippen LogP contribution in [0.3, 0.4) is 0 Å². The molecular formula is C22H28N2O2S. The normalized spacial score (nSPS) is 15.9. The van der Waals surface area contributed by atoms with E-state index < -0.39 is 0 Å². The minimum absolute atomic E-state index is 0.0526. The molecule has 144 valence electrons. The van der Waals surface area contributed by atoms with Gasteiger partial charge in [-0.25, -0.2) is 0 Å². The number of likely N-dealkylation sites (N-methyl/N-ethyl adjacent to an activating group) is 1. The van der Waals surface area contributed by atoms with E-state index >= 15 is 0 Å². The number of fused-ring (bicyclic) bond motifs is 1. The monoisotopic (exact) mass is 384 g/mol. The van der Waals surface area contributed by atoms with Crippen LogP contribution in [0.5, 0.6) is 0 Å². The average Bonchev–Trinajstić information content (AvgIpc) is 3.10. The molecule has 1 atom stereocenters. The number of hydrogen-bond donors (Lipinski definition) is 1. The van der Waals surface area contributed by atoms with Gasteiger partial charge in [0.05, 0.1) is 11.4 Å². The Balaban J connectivity index is 1.62. The van der Waals surface area contributed by atoms with Gasteiger partial charge in [0, 0.05) is 17.6 Å². The first kappa shape index (κ1) is 19.6. The van der Waals surface area contributed by atoms with E-state index in [2.05, 4.69) is 19.2 Å². The molecule has 1 aromatic carbocycles. The number of nitrogens with one attached hydrogen (secondary N) is 1. The first-order valence-corrected chi connectivity index (χ1v) is 10.6. The van der Waals surface area contributed by atoms with Crippen molar-refractivity contribution in [2.45, 2.75) is 46.0 Å². The lowest BCUT2D eigenvalue weighted by Gasteiger charge is -2.19. The molecule has 27 heavy (non-hydrogen) atoms. The molecule has 4 nitrogen and oxygen atoms in total. The van der Waals surface area contributed by atoms with Crippen LogP contribution >= 0.6 is 11.3 Å². The molecule has 0 saturated carbocycles. The van der Waals surface area contributed by atoms with Crippen molar-refractivity contribution in [1.82, 2.24) is 4.90 Å². The van der Waals surface area contributed by atoms with Crippen LogP contribution in [0.4, 0.5) is 5.69 Å². The highest BCUT2D eigenvalue weighted by molar-refractivity contribution is 7.14. The van der Waals surface area contributed by atoms with Crippen molar-refractivity contribution >= 4 is 28.8 Å². The van der Waals surface area contributed by atoms with E-state index in [4.69, 9.17) is 0 Å². The van der Waals surface area contributed by atoms with Crippen molar-refractivity contribution in [1.29, 1.82) is 0 Å². The molecule has 2 amide bonds. The van der Waals surface area contributed by atoms with Crippen molar-refractivity contribution in [3.05, 3.63) is 51.2 Å². The zero-order valence-corrected chi connectivity index (χ0v) is 17.2. The lowest BCUT2D eigenvalue weighted by Crippen LogP contribution is -2.34. The van der Waals surface area contributed by atoms with E-state index in [1.165, 1.54) is 28.2 Å². The fourth-order valence-corrected chi connectivity index (χ4v) is 4.87. The summed E-state index contributed by atoms with van der Waals surface area (Å²) in [6, 6.07) is 9.82. The first-order chi connectivity index (χ1) is 13.0. The number of para-hydroxylation sites is 1. The molecular weight excluding hydrogens is 356 g/mol. The summed E-state index contributed by atoms with van der Waals surface area (Å²) in [5.74, 6) is 0.498. The van der Waals surface area contributed by atoms with E-state index in [0.717, 1.165) is 41.3 Å². The van der Waals surface area contributed by atoms with Gasteiger partial charge in [-0.3, -0.25) is 9.59 Å². The Hall–Kier alpha value is -2.14. The summed E-state index contributed by atoms with van der Waals surface area (Å²) in [7, 11) is 1.70. The lowest BCUT2D eigenvalue weighted by atomic mass is 9.87. The predicted molar refractivity (Wildman–Crippen MR) is 112 cm³/mol. The molecule has 3 rings (SSSR count). The second-order valence-electron chi connectivity index (χ2n) is 7.30. The van der Waals surface area contributed by atoms with Crippen molar-refractivity contribution in [3.8, 4) is 0 Å². The van der Waals surface area contributed by atoms with Crippen molar-refractivity contribution < 1.29 is 9.59 Å². The second-order valence-corrected chi connectivity index (χ2v) is 8.43. The standard InChI is InChI=1S/C22H28N2O2S/c1-4-15-10-11-19-17(12-15)13-20(27-19)22(26)24(3)14-21(25)23-18-9-7-6-8-16(18)5-2/h6-9,13,15H,4-5,10-12,14H2,1-3H3,(H,23,25)/t15-/m1/s1. The van der Waals surface area contributed by atoms with Gasteiger partial charge in [0.1, 0.15) is 0 Å². The van der Waals surface area contributed by atoms with Crippen molar-refractivity contribution in [3.63, 3.8) is 0 Å². The molecule has 0 radical (unpaired) electrons. The van der Waals surface area contributed by atoms with Crippen LogP contribution in [0.25, 0.3) is 0 Å². The minimum atomic E-state index is -0.167. The first-order valence-electron chi connectivity index (χ1n) is 9.76. The molecule has 1 heterocycles. The molecule has 1 aliphatic carbocycles. The third-order valence-electron chi connectivity index (χ3n) is 5.37. The van der Waals surface area contributed by atoms with Crippen LogP contribution < -0.4 is 5.32 Å². The Morgan fingerprint density at radius 2 is 2.04 bits per heavy atom. The number of amides is 2. The summed E-state index contributed by atoms with van der Waals surface area (Å²) >= 11 is 1.60. The van der Waals surface area contributed by atoms with E-state index in [-0.39, 0.29) is 18.4 Å². The molecule has 0 unspecified atom stereocenters. The maximum absolute atomic E-state index is 12.8. The number of rotatable bonds is 6. The molecule has 0 spiro atoms. The van der Waals surface area contributed by atoms with Crippen LogP contribution in [0.2, 0.25) is 0 Å². The van der Waals surface area contributed by atoms with Crippen LogP contribution in [-0.2, 0) is 24.1 Å². The van der Waals surface area contributed by atoms with Gasteiger partial charge in [-0.2, -0.15) is 0 Å². The average molecular weight is 385 g/mol. The Morgan fingerprint density at radius 3 is 2.78 bits per heavy atom. The highest BCUT2D eigenvalue weighted by Crippen LogP contribution is 2.33. The largest absolute Gasteiger partial charge is 0.332 e. The molecule has 0 saturated heterocycles. The van der Waals surface area contributed by atoms with Gasteiger partial charge in [0.2, 0.25) is 5.91 Å². The zero-order chi connectivity index (χ0) is 19.4. The number of carbonyl (C=O) groups is 2. The molecule has 1 aromatic heterocycles. The fraction of sp³-hybridized carbons (Fsp3) is 0.455. The van der Waals surface area contributed by atoms with Gasteiger partial charge in [-0.05, 0) is 54.9 Å². The Kier molecular flexibility index (Phi) is 6.32. The smallest absolute Gasteiger partial charge is 0.264 e. The zero-order valence-electron chi connectivity index (χ0n) is 16.4. The second kappa shape index (κ2) is 8.70. The fourth-order valence-electron chi connectivity index (χ4n) is 3.67. The number of benzene rings is 1. The van der Waals surface area contributed by atoms with Crippen LogP contribution in [-0.4, -0.2) is 30.3 Å². The number of carbonyl (C=O) groups excluding carboxylic acids is 2. The lowest BCUT2D eigenvalue weighted by molar-refractivity contribution is -0.116. The highest BCUT2D eigenvalue weighted by Gasteiger charge is 2.24. The van der Waals surface area contributed by atoms with E-state index in [1.807, 2.05) is 30.3 Å². The molecule has 0 bridgehead atoms. The van der Waals surface area contributed by atoms with Gasteiger partial charge in [-0.1, -0.05) is 38.5 Å².